The number of nitrogens with one attached hydrogen (secondary N) is 1. The quantitative estimate of drug-likeness (QED) is 0.199. The molecule has 6 atom stereocenters. The van der Waals surface area contributed by atoms with Crippen molar-refractivity contribution in [2.24, 2.45) is 23.3 Å². The molecular formula is C23H34FN7O8. The van der Waals surface area contributed by atoms with E-state index in [9.17, 15) is 23.6 Å². The van der Waals surface area contributed by atoms with Gasteiger partial charge < -0.3 is 36.1 Å². The zero-order valence-corrected chi connectivity index (χ0v) is 22.0. The van der Waals surface area contributed by atoms with Crippen molar-refractivity contribution in [3.8, 4) is 0 Å². The van der Waals surface area contributed by atoms with Crippen molar-refractivity contribution in [1.29, 1.82) is 0 Å². The number of imidazole rings is 1. The predicted octanol–water partition coefficient (Wildman–Crippen LogP) is -0.708. The van der Waals surface area contributed by atoms with Gasteiger partial charge in [0.05, 0.1) is 6.33 Å². The lowest BCUT2D eigenvalue weighted by molar-refractivity contribution is -0.178. The number of esters is 3. The summed E-state index contributed by atoms with van der Waals surface area (Å²) in [6, 6.07) is -2.02. The Labute approximate surface area is 222 Å². The third kappa shape index (κ3) is 7.07. The van der Waals surface area contributed by atoms with Crippen molar-refractivity contribution in [2.45, 2.75) is 70.8 Å². The van der Waals surface area contributed by atoms with Gasteiger partial charge in [-0.1, -0.05) is 27.7 Å². The number of ether oxygens (including phenoxy) is 4. The van der Waals surface area contributed by atoms with Gasteiger partial charge in [0, 0.05) is 6.42 Å². The zero-order chi connectivity index (χ0) is 29.0. The summed E-state index contributed by atoms with van der Waals surface area (Å²) in [5.74, 6) is -3.52. The van der Waals surface area contributed by atoms with E-state index in [-0.39, 0.29) is 35.4 Å². The molecule has 3 rings (SSSR count). The highest BCUT2D eigenvalue weighted by Gasteiger charge is 2.39. The summed E-state index contributed by atoms with van der Waals surface area (Å²) >= 11 is 0. The molecule has 0 spiro atoms. The minimum Gasteiger partial charge on any atom is -0.460 e. The van der Waals surface area contributed by atoms with Gasteiger partial charge in [-0.25, -0.2) is 14.2 Å². The van der Waals surface area contributed by atoms with E-state index in [4.69, 9.17) is 36.1 Å². The summed E-state index contributed by atoms with van der Waals surface area (Å²) in [5.41, 5.74) is 16.7. The molecule has 15 nitrogen and oxygen atoms in total. The SMILES string of the molecule is CC(C)[C@H](N)C(=O)OCC(OC(=O)[C@@H](N)C(C)C)C(=O)OC[C@H]1O[C@@H](n2cnc3c(=O)[nH]c(N)nc32)C[C@@H]1F. The molecule has 216 valence electrons. The fourth-order valence-electron chi connectivity index (χ4n) is 3.59. The fraction of sp³-hybridized carbons (Fsp3) is 0.652. The number of halogens is 1. The van der Waals surface area contributed by atoms with Gasteiger partial charge in [0.25, 0.3) is 5.56 Å². The molecule has 1 aliphatic rings. The standard InChI is InChI=1S/C23H34FN7O8/c1-9(2)15(25)21(34)37-7-13(39-22(35)16(26)10(3)4)20(33)36-6-12-11(24)5-14(38-12)31-8-28-17-18(31)29-23(27)30-19(17)32/h8-16H,5-7,25-26H2,1-4H3,(H3,27,29,30,32)/t11-,12+,13?,14+,15-,16-/m0/s1. The van der Waals surface area contributed by atoms with E-state index >= 15 is 0 Å². The second-order valence-corrected chi connectivity index (χ2v) is 9.88. The minimum atomic E-state index is -1.67. The highest BCUT2D eigenvalue weighted by atomic mass is 19.1. The predicted molar refractivity (Wildman–Crippen MR) is 133 cm³/mol. The number of aromatic amines is 1. The molecule has 0 radical (unpaired) electrons. The minimum absolute atomic E-state index is 0.00548. The molecule has 0 aliphatic carbocycles. The van der Waals surface area contributed by atoms with Crippen LogP contribution in [0.3, 0.4) is 0 Å². The third-order valence-electron chi connectivity index (χ3n) is 6.19. The lowest BCUT2D eigenvalue weighted by Crippen LogP contribution is -2.44. The summed E-state index contributed by atoms with van der Waals surface area (Å²) < 4.78 is 37.3. The van der Waals surface area contributed by atoms with Crippen LogP contribution in [0.5, 0.6) is 0 Å². The van der Waals surface area contributed by atoms with E-state index in [0.717, 1.165) is 0 Å². The van der Waals surface area contributed by atoms with Crippen LogP contribution in [-0.2, 0) is 33.3 Å². The molecule has 2 aromatic heterocycles. The maximum atomic E-state index is 14.8. The van der Waals surface area contributed by atoms with E-state index in [0.29, 0.717) is 0 Å². The van der Waals surface area contributed by atoms with E-state index in [1.165, 1.54) is 10.9 Å². The van der Waals surface area contributed by atoms with Gasteiger partial charge in [0.15, 0.2) is 11.2 Å². The highest BCUT2D eigenvalue weighted by molar-refractivity contribution is 5.82. The van der Waals surface area contributed by atoms with Crippen molar-refractivity contribution < 1.29 is 37.7 Å². The number of anilines is 1. The van der Waals surface area contributed by atoms with Gasteiger partial charge in [-0.3, -0.25) is 23.9 Å². The van der Waals surface area contributed by atoms with E-state index in [2.05, 4.69) is 15.0 Å². The van der Waals surface area contributed by atoms with Crippen LogP contribution in [0, 0.1) is 11.8 Å². The number of fused-ring (bicyclic) bond motifs is 1. The smallest absolute Gasteiger partial charge is 0.351 e. The Morgan fingerprint density at radius 3 is 2.41 bits per heavy atom. The Morgan fingerprint density at radius 2 is 1.77 bits per heavy atom. The van der Waals surface area contributed by atoms with Gasteiger partial charge in [-0.05, 0) is 11.8 Å². The van der Waals surface area contributed by atoms with Crippen LogP contribution in [0.1, 0.15) is 40.3 Å². The normalized spacial score (nSPS) is 21.6. The Hall–Kier alpha value is -3.63. The molecule has 1 fully saturated rings. The number of carbonyl (C=O) groups is 3. The van der Waals surface area contributed by atoms with Crippen molar-refractivity contribution >= 4 is 35.0 Å². The summed E-state index contributed by atoms with van der Waals surface area (Å²) in [6.45, 7) is 5.54. The fourth-order valence-corrected chi connectivity index (χ4v) is 3.59. The number of H-pyrrole nitrogens is 1. The van der Waals surface area contributed by atoms with Gasteiger partial charge >= 0.3 is 17.9 Å². The number of carbonyl (C=O) groups excluding carboxylic acids is 3. The monoisotopic (exact) mass is 555 g/mol. The van der Waals surface area contributed by atoms with Gasteiger partial charge in [-0.2, -0.15) is 4.98 Å². The number of nitrogens with zero attached hydrogens (tertiary/aromatic N) is 3. The summed E-state index contributed by atoms with van der Waals surface area (Å²) in [5, 5.41) is 0. The maximum Gasteiger partial charge on any atom is 0.351 e. The lowest BCUT2D eigenvalue weighted by atomic mass is 10.1. The molecule has 39 heavy (non-hydrogen) atoms. The summed E-state index contributed by atoms with van der Waals surface area (Å²) in [6.07, 6.45) is -4.26. The van der Waals surface area contributed by atoms with Crippen molar-refractivity contribution in [1.82, 2.24) is 19.5 Å². The molecule has 0 bridgehead atoms. The number of nitrogen functional groups attached to an aromatic ring is 1. The molecule has 1 saturated heterocycles. The van der Waals surface area contributed by atoms with Crippen LogP contribution in [-0.4, -0.2) is 81.1 Å². The Kier molecular flexibility index (Phi) is 9.58. The van der Waals surface area contributed by atoms with Crippen LogP contribution in [0.2, 0.25) is 0 Å². The van der Waals surface area contributed by atoms with Crippen LogP contribution in [0.4, 0.5) is 10.3 Å². The first-order valence-electron chi connectivity index (χ1n) is 12.4. The molecule has 0 aromatic carbocycles. The average Bonchev–Trinajstić information content (AvgIpc) is 3.46. The second-order valence-electron chi connectivity index (χ2n) is 9.88. The van der Waals surface area contributed by atoms with Crippen LogP contribution < -0.4 is 22.8 Å². The first kappa shape index (κ1) is 29.9. The Bertz CT molecular complexity index is 1250. The van der Waals surface area contributed by atoms with E-state index in [1.54, 1.807) is 27.7 Å². The number of hydrogen-bond donors (Lipinski definition) is 4. The van der Waals surface area contributed by atoms with E-state index < -0.39 is 73.4 Å². The molecule has 0 saturated carbocycles. The van der Waals surface area contributed by atoms with Crippen LogP contribution in [0.25, 0.3) is 11.2 Å². The van der Waals surface area contributed by atoms with Crippen molar-refractivity contribution in [3.63, 3.8) is 0 Å². The molecule has 1 unspecified atom stereocenters. The van der Waals surface area contributed by atoms with E-state index in [1.807, 2.05) is 0 Å². The van der Waals surface area contributed by atoms with Gasteiger partial charge in [-0.15, -0.1) is 0 Å². The third-order valence-corrected chi connectivity index (χ3v) is 6.19. The summed E-state index contributed by atoms with van der Waals surface area (Å²) in [4.78, 5) is 59.6. The largest absolute Gasteiger partial charge is 0.460 e. The Morgan fingerprint density at radius 1 is 1.13 bits per heavy atom. The van der Waals surface area contributed by atoms with Crippen molar-refractivity contribution in [3.05, 3.63) is 16.7 Å². The molecular weight excluding hydrogens is 521 g/mol. The number of alkyl halides is 1. The molecule has 2 aromatic rings. The molecule has 3 heterocycles. The van der Waals surface area contributed by atoms with Gasteiger partial charge in [0.2, 0.25) is 12.1 Å². The average molecular weight is 556 g/mol. The topological polar surface area (TPSA) is 230 Å². The molecule has 16 heteroatoms. The molecule has 1 aliphatic heterocycles. The van der Waals surface area contributed by atoms with Crippen LogP contribution in [0.15, 0.2) is 11.1 Å². The number of nitrogens with two attached hydrogens (primary N) is 3. The van der Waals surface area contributed by atoms with Gasteiger partial charge in [0.1, 0.15) is 43.8 Å². The van der Waals surface area contributed by atoms with Crippen molar-refractivity contribution in [2.75, 3.05) is 18.9 Å². The zero-order valence-electron chi connectivity index (χ0n) is 22.0. The first-order chi connectivity index (χ1) is 18.3. The Balaban J connectivity index is 1.66. The maximum absolute atomic E-state index is 14.8. The lowest BCUT2D eigenvalue weighted by Gasteiger charge is -2.22. The molecule has 7 N–H and O–H groups in total. The summed E-state index contributed by atoms with van der Waals surface area (Å²) in [7, 11) is 0. The second kappa shape index (κ2) is 12.5. The van der Waals surface area contributed by atoms with Crippen LogP contribution >= 0.6 is 0 Å². The molecule has 0 amide bonds. The first-order valence-corrected chi connectivity index (χ1v) is 12.4. The number of hydrogen-bond acceptors (Lipinski definition) is 13. The highest BCUT2D eigenvalue weighted by Crippen LogP contribution is 2.32. The number of rotatable bonds is 11. The number of aromatic nitrogens is 4.